The smallest absolute Gasteiger partial charge is 0.293 e. The lowest BCUT2D eigenvalue weighted by Crippen LogP contribution is -2.49. The number of benzene rings is 1. The Bertz CT molecular complexity index is 434. The molecule has 7 heteroatoms. The summed E-state index contributed by atoms with van der Waals surface area (Å²) in [6, 6.07) is 6.71. The number of rotatable bonds is 5. The van der Waals surface area contributed by atoms with Gasteiger partial charge >= 0.3 is 6.18 Å². The average molecular weight is 289 g/mol. The van der Waals surface area contributed by atoms with Gasteiger partial charge < -0.3 is 0 Å². The third kappa shape index (κ3) is 4.50. The van der Waals surface area contributed by atoms with E-state index in [9.17, 15) is 18.0 Å². The van der Waals surface area contributed by atoms with Gasteiger partial charge in [-0.25, -0.2) is 5.84 Å². The van der Waals surface area contributed by atoms with Crippen LogP contribution in [0.3, 0.4) is 0 Å². The molecule has 0 aliphatic rings. The number of hydrazine groups is 1. The molecule has 3 N–H and O–H groups in total. The molecular weight excluding hydrogens is 271 g/mol. The maximum absolute atomic E-state index is 12.7. The van der Waals surface area contributed by atoms with Crippen molar-refractivity contribution in [3.05, 3.63) is 35.9 Å². The minimum atomic E-state index is -4.40. The topological polar surface area (TPSA) is 58.4 Å². The molecule has 0 heterocycles. The second kappa shape index (κ2) is 6.71. The van der Waals surface area contributed by atoms with Gasteiger partial charge in [0.15, 0.2) is 0 Å². The van der Waals surface area contributed by atoms with Crippen LogP contribution in [0.1, 0.15) is 25.5 Å². The number of nitrogens with two attached hydrogens (primary N) is 1. The van der Waals surface area contributed by atoms with Gasteiger partial charge in [0.05, 0.1) is 6.54 Å². The van der Waals surface area contributed by atoms with E-state index < -0.39 is 30.7 Å². The zero-order chi connectivity index (χ0) is 15.3. The van der Waals surface area contributed by atoms with Gasteiger partial charge in [-0.3, -0.25) is 15.1 Å². The Labute approximate surface area is 115 Å². The van der Waals surface area contributed by atoms with Crippen LogP contribution in [0.2, 0.25) is 0 Å². The molecule has 1 unspecified atom stereocenters. The monoisotopic (exact) mass is 289 g/mol. The van der Waals surface area contributed by atoms with Crippen molar-refractivity contribution < 1.29 is 18.0 Å². The first-order valence-corrected chi connectivity index (χ1v) is 6.14. The van der Waals surface area contributed by atoms with Crippen molar-refractivity contribution in [3.63, 3.8) is 0 Å². The van der Waals surface area contributed by atoms with Crippen LogP contribution in [-0.2, 0) is 4.79 Å². The predicted octanol–water partition coefficient (Wildman–Crippen LogP) is 1.99. The molecule has 0 spiro atoms. The average Bonchev–Trinajstić information content (AvgIpc) is 2.37. The summed E-state index contributed by atoms with van der Waals surface area (Å²) in [5.74, 6) is 4.43. The van der Waals surface area contributed by atoms with Gasteiger partial charge in [0.1, 0.15) is 6.04 Å². The molecule has 1 atom stereocenters. The van der Waals surface area contributed by atoms with E-state index in [-0.39, 0.29) is 0 Å². The van der Waals surface area contributed by atoms with Crippen LogP contribution in [0, 0.1) is 0 Å². The summed E-state index contributed by atoms with van der Waals surface area (Å²) in [7, 11) is 0. The van der Waals surface area contributed by atoms with E-state index in [0.29, 0.717) is 5.56 Å². The summed E-state index contributed by atoms with van der Waals surface area (Å²) >= 11 is 0. The number of nitrogens with zero attached hydrogens (tertiary/aromatic N) is 1. The van der Waals surface area contributed by atoms with Gasteiger partial charge in [-0.2, -0.15) is 13.2 Å². The number of hydrogen-bond acceptors (Lipinski definition) is 3. The first-order chi connectivity index (χ1) is 9.26. The molecule has 0 aliphatic heterocycles. The van der Waals surface area contributed by atoms with Crippen LogP contribution in [-0.4, -0.2) is 29.6 Å². The highest BCUT2D eigenvalue weighted by Gasteiger charge is 2.38. The molecule has 0 saturated carbocycles. The molecule has 112 valence electrons. The van der Waals surface area contributed by atoms with Crippen molar-refractivity contribution in [1.29, 1.82) is 0 Å². The summed E-state index contributed by atoms with van der Waals surface area (Å²) < 4.78 is 38.1. The van der Waals surface area contributed by atoms with Crippen molar-refractivity contribution in [2.45, 2.75) is 32.1 Å². The molecule has 1 aromatic carbocycles. The fraction of sp³-hybridized carbons (Fsp3) is 0.462. The van der Waals surface area contributed by atoms with Crippen molar-refractivity contribution >= 4 is 5.91 Å². The second-order valence-electron chi connectivity index (χ2n) is 4.70. The lowest BCUT2D eigenvalue weighted by molar-refractivity contribution is -0.159. The zero-order valence-corrected chi connectivity index (χ0v) is 11.3. The quantitative estimate of drug-likeness (QED) is 0.495. The SMILES string of the molecule is CC(C)N(CC(F)(F)F)C(C(=O)NN)c1ccccc1. The number of alkyl halides is 3. The lowest BCUT2D eigenvalue weighted by Gasteiger charge is -2.34. The van der Waals surface area contributed by atoms with Gasteiger partial charge in [0.25, 0.3) is 5.91 Å². The number of halogens is 3. The highest BCUT2D eigenvalue weighted by Crippen LogP contribution is 2.27. The van der Waals surface area contributed by atoms with Gasteiger partial charge in [-0.05, 0) is 19.4 Å². The third-order valence-corrected chi connectivity index (χ3v) is 2.86. The first kappa shape index (κ1) is 16.5. The van der Waals surface area contributed by atoms with Crippen LogP contribution >= 0.6 is 0 Å². The van der Waals surface area contributed by atoms with E-state index in [4.69, 9.17) is 5.84 Å². The number of carbonyl (C=O) groups is 1. The molecule has 0 aliphatic carbocycles. The number of hydrogen-bond donors (Lipinski definition) is 2. The fourth-order valence-corrected chi connectivity index (χ4v) is 1.99. The Kier molecular flexibility index (Phi) is 5.52. The van der Waals surface area contributed by atoms with Crippen LogP contribution in [0.4, 0.5) is 13.2 Å². The van der Waals surface area contributed by atoms with Crippen LogP contribution in [0.15, 0.2) is 30.3 Å². The summed E-state index contributed by atoms with van der Waals surface area (Å²) in [6.07, 6.45) is -4.40. The normalized spacial score (nSPS) is 13.6. The molecule has 1 amide bonds. The Hall–Kier alpha value is -1.60. The number of carbonyl (C=O) groups excluding carboxylic acids is 1. The standard InChI is InChI=1S/C13H18F3N3O/c1-9(2)19(8-13(14,15)16)11(12(20)18-17)10-6-4-3-5-7-10/h3-7,9,11H,8,17H2,1-2H3,(H,18,20). The van der Waals surface area contributed by atoms with Crippen LogP contribution in [0.5, 0.6) is 0 Å². The highest BCUT2D eigenvalue weighted by molar-refractivity contribution is 5.82. The summed E-state index contributed by atoms with van der Waals surface area (Å²) in [5, 5.41) is 0. The van der Waals surface area contributed by atoms with Crippen molar-refractivity contribution in [2.75, 3.05) is 6.54 Å². The Morgan fingerprint density at radius 2 is 1.85 bits per heavy atom. The largest absolute Gasteiger partial charge is 0.401 e. The van der Waals surface area contributed by atoms with Crippen LogP contribution < -0.4 is 11.3 Å². The second-order valence-corrected chi connectivity index (χ2v) is 4.70. The molecule has 0 aromatic heterocycles. The van der Waals surface area contributed by atoms with E-state index in [2.05, 4.69) is 0 Å². The Morgan fingerprint density at radius 3 is 2.25 bits per heavy atom. The maximum atomic E-state index is 12.7. The molecule has 0 radical (unpaired) electrons. The Balaban J connectivity index is 3.16. The van der Waals surface area contributed by atoms with Gasteiger partial charge in [-0.1, -0.05) is 30.3 Å². The lowest BCUT2D eigenvalue weighted by atomic mass is 10.0. The summed E-state index contributed by atoms with van der Waals surface area (Å²) in [4.78, 5) is 13.0. The van der Waals surface area contributed by atoms with Crippen molar-refractivity contribution in [1.82, 2.24) is 10.3 Å². The van der Waals surface area contributed by atoms with Crippen molar-refractivity contribution in [2.24, 2.45) is 5.84 Å². The molecule has 1 aromatic rings. The zero-order valence-electron chi connectivity index (χ0n) is 11.3. The van der Waals surface area contributed by atoms with Crippen molar-refractivity contribution in [3.8, 4) is 0 Å². The molecule has 0 fully saturated rings. The van der Waals surface area contributed by atoms with Gasteiger partial charge in [-0.15, -0.1) is 0 Å². The van der Waals surface area contributed by atoms with Gasteiger partial charge in [0.2, 0.25) is 0 Å². The predicted molar refractivity (Wildman–Crippen MR) is 69.4 cm³/mol. The highest BCUT2D eigenvalue weighted by atomic mass is 19.4. The molecule has 1 rings (SSSR count). The van der Waals surface area contributed by atoms with E-state index in [1.165, 1.54) is 0 Å². The minimum absolute atomic E-state index is 0.466. The number of amides is 1. The summed E-state index contributed by atoms with van der Waals surface area (Å²) in [6.45, 7) is 2.02. The third-order valence-electron chi connectivity index (χ3n) is 2.86. The van der Waals surface area contributed by atoms with E-state index in [1.54, 1.807) is 44.2 Å². The van der Waals surface area contributed by atoms with Gasteiger partial charge in [0, 0.05) is 6.04 Å². The fourth-order valence-electron chi connectivity index (χ4n) is 1.99. The first-order valence-electron chi connectivity index (χ1n) is 6.14. The van der Waals surface area contributed by atoms with E-state index in [1.807, 2.05) is 5.43 Å². The van der Waals surface area contributed by atoms with E-state index >= 15 is 0 Å². The molecule has 0 saturated heterocycles. The van der Waals surface area contributed by atoms with E-state index in [0.717, 1.165) is 4.90 Å². The molecular formula is C13H18F3N3O. The molecule has 20 heavy (non-hydrogen) atoms. The minimum Gasteiger partial charge on any atom is -0.293 e. The van der Waals surface area contributed by atoms with Crippen LogP contribution in [0.25, 0.3) is 0 Å². The Morgan fingerprint density at radius 1 is 1.30 bits per heavy atom. The number of nitrogens with one attached hydrogen (secondary N) is 1. The molecule has 0 bridgehead atoms. The molecule has 4 nitrogen and oxygen atoms in total. The summed E-state index contributed by atoms with van der Waals surface area (Å²) in [5.41, 5.74) is 2.40. The maximum Gasteiger partial charge on any atom is 0.401 e.